The third kappa shape index (κ3) is 2.52. The van der Waals surface area contributed by atoms with Gasteiger partial charge in [-0.3, -0.25) is 4.79 Å². The molecule has 0 bridgehead atoms. The molecule has 2 fully saturated rings. The Balaban J connectivity index is 1.79. The van der Waals surface area contributed by atoms with Crippen LogP contribution in [-0.4, -0.2) is 29.5 Å². The molecule has 1 saturated heterocycles. The molecule has 1 aliphatic heterocycles. The van der Waals surface area contributed by atoms with E-state index in [1.807, 2.05) is 23.1 Å². The van der Waals surface area contributed by atoms with E-state index >= 15 is 0 Å². The van der Waals surface area contributed by atoms with E-state index in [-0.39, 0.29) is 17.6 Å². The van der Waals surface area contributed by atoms with Crippen LogP contribution in [0, 0.1) is 5.92 Å². The summed E-state index contributed by atoms with van der Waals surface area (Å²) in [7, 11) is 0. The minimum atomic E-state index is -0.190. The van der Waals surface area contributed by atoms with Gasteiger partial charge in [-0.25, -0.2) is 0 Å². The number of benzene rings is 1. The van der Waals surface area contributed by atoms with Crippen LogP contribution in [0.25, 0.3) is 0 Å². The van der Waals surface area contributed by atoms with Crippen molar-refractivity contribution in [1.82, 2.24) is 4.90 Å². The van der Waals surface area contributed by atoms with Crippen LogP contribution < -0.4 is 0 Å². The minimum Gasteiger partial charge on any atom is -0.369 e. The van der Waals surface area contributed by atoms with Crippen molar-refractivity contribution in [3.05, 3.63) is 35.9 Å². The largest absolute Gasteiger partial charge is 0.369 e. The van der Waals surface area contributed by atoms with Gasteiger partial charge in [-0.1, -0.05) is 30.3 Å². The molecule has 1 atom stereocenters. The van der Waals surface area contributed by atoms with Gasteiger partial charge in [-0.2, -0.15) is 0 Å². The highest BCUT2D eigenvalue weighted by atomic mass is 16.5. The summed E-state index contributed by atoms with van der Waals surface area (Å²) in [6.45, 7) is 5.46. The zero-order valence-electron chi connectivity index (χ0n) is 11.6. The molecule has 0 spiro atoms. The Morgan fingerprint density at radius 3 is 2.58 bits per heavy atom. The molecule has 1 heterocycles. The van der Waals surface area contributed by atoms with Gasteiger partial charge in [0, 0.05) is 5.92 Å². The van der Waals surface area contributed by atoms with Gasteiger partial charge in [0.15, 0.2) is 0 Å². The monoisotopic (exact) mass is 259 g/mol. The summed E-state index contributed by atoms with van der Waals surface area (Å²) < 4.78 is 5.97. The standard InChI is InChI=1S/C16H21NO2/c1-16(2)11-19-14(12-6-4-3-5-7-12)10-17(16)15(18)13-8-9-13/h3-7,13-14H,8-11H2,1-2H3/t14-/m0/s1. The van der Waals surface area contributed by atoms with E-state index < -0.39 is 0 Å². The fraction of sp³-hybridized carbons (Fsp3) is 0.562. The SMILES string of the molecule is CC1(C)CO[C@H](c2ccccc2)CN1C(=O)C1CC1. The van der Waals surface area contributed by atoms with Crippen molar-refractivity contribution in [2.45, 2.75) is 38.3 Å². The molecule has 3 heteroatoms. The molecular weight excluding hydrogens is 238 g/mol. The summed E-state index contributed by atoms with van der Waals surface area (Å²) in [6, 6.07) is 10.2. The third-order valence-electron chi connectivity index (χ3n) is 4.08. The summed E-state index contributed by atoms with van der Waals surface area (Å²) in [5.41, 5.74) is 0.969. The van der Waals surface area contributed by atoms with Crippen molar-refractivity contribution in [3.8, 4) is 0 Å². The van der Waals surface area contributed by atoms with Crippen LogP contribution in [0.2, 0.25) is 0 Å². The third-order valence-corrected chi connectivity index (χ3v) is 4.08. The first-order valence-corrected chi connectivity index (χ1v) is 7.06. The lowest BCUT2D eigenvalue weighted by Crippen LogP contribution is -2.56. The van der Waals surface area contributed by atoms with Crippen LogP contribution in [0.15, 0.2) is 30.3 Å². The maximum absolute atomic E-state index is 12.4. The van der Waals surface area contributed by atoms with Gasteiger partial charge >= 0.3 is 0 Å². The molecule has 1 saturated carbocycles. The van der Waals surface area contributed by atoms with Gasteiger partial charge < -0.3 is 9.64 Å². The Kier molecular flexibility index (Phi) is 3.09. The van der Waals surface area contributed by atoms with Gasteiger partial charge in [0.05, 0.1) is 18.7 Å². The Labute approximate surface area is 114 Å². The van der Waals surface area contributed by atoms with Crippen molar-refractivity contribution in [2.24, 2.45) is 5.92 Å². The van der Waals surface area contributed by atoms with Crippen molar-refractivity contribution in [1.29, 1.82) is 0 Å². The van der Waals surface area contributed by atoms with E-state index in [2.05, 4.69) is 26.0 Å². The number of ether oxygens (including phenoxy) is 1. The van der Waals surface area contributed by atoms with Crippen LogP contribution >= 0.6 is 0 Å². The summed E-state index contributed by atoms with van der Waals surface area (Å²) >= 11 is 0. The Morgan fingerprint density at radius 2 is 1.95 bits per heavy atom. The fourth-order valence-electron chi connectivity index (χ4n) is 2.66. The van der Waals surface area contributed by atoms with Crippen molar-refractivity contribution >= 4 is 5.91 Å². The highest BCUT2D eigenvalue weighted by molar-refractivity contribution is 5.82. The van der Waals surface area contributed by atoms with Crippen LogP contribution in [0.3, 0.4) is 0 Å². The van der Waals surface area contributed by atoms with Crippen LogP contribution in [0.5, 0.6) is 0 Å². The summed E-state index contributed by atoms with van der Waals surface area (Å²) in [6.07, 6.45) is 2.13. The quantitative estimate of drug-likeness (QED) is 0.817. The number of nitrogens with zero attached hydrogens (tertiary/aromatic N) is 1. The zero-order valence-corrected chi connectivity index (χ0v) is 11.6. The molecule has 1 aromatic rings. The first kappa shape index (κ1) is 12.7. The number of amides is 1. The average molecular weight is 259 g/mol. The lowest BCUT2D eigenvalue weighted by Gasteiger charge is -2.45. The van der Waals surface area contributed by atoms with Crippen molar-refractivity contribution in [2.75, 3.05) is 13.2 Å². The highest BCUT2D eigenvalue weighted by Gasteiger charge is 2.43. The number of hydrogen-bond donors (Lipinski definition) is 0. The Bertz CT molecular complexity index is 465. The normalized spacial score (nSPS) is 26.2. The number of hydrogen-bond acceptors (Lipinski definition) is 2. The molecule has 0 N–H and O–H groups in total. The van der Waals surface area contributed by atoms with Gasteiger partial charge in [0.2, 0.25) is 5.91 Å². The molecule has 19 heavy (non-hydrogen) atoms. The topological polar surface area (TPSA) is 29.5 Å². The maximum atomic E-state index is 12.4. The molecule has 1 aliphatic carbocycles. The summed E-state index contributed by atoms with van der Waals surface area (Å²) in [4.78, 5) is 14.5. The van der Waals surface area contributed by atoms with E-state index in [0.29, 0.717) is 19.1 Å². The summed E-state index contributed by atoms with van der Waals surface area (Å²) in [5.74, 6) is 0.586. The second-order valence-corrected chi connectivity index (χ2v) is 6.25. The average Bonchev–Trinajstić information content (AvgIpc) is 3.23. The first-order valence-electron chi connectivity index (χ1n) is 7.06. The molecule has 0 unspecified atom stereocenters. The van der Waals surface area contributed by atoms with E-state index in [1.54, 1.807) is 0 Å². The Morgan fingerprint density at radius 1 is 1.26 bits per heavy atom. The number of carbonyl (C=O) groups excluding carboxylic acids is 1. The van der Waals surface area contributed by atoms with Crippen molar-refractivity contribution in [3.63, 3.8) is 0 Å². The van der Waals surface area contributed by atoms with Gasteiger partial charge in [0.1, 0.15) is 6.10 Å². The van der Waals surface area contributed by atoms with E-state index in [4.69, 9.17) is 4.74 Å². The Hall–Kier alpha value is -1.35. The molecular formula is C16H21NO2. The zero-order chi connectivity index (χ0) is 13.5. The van der Waals surface area contributed by atoms with Crippen LogP contribution in [0.4, 0.5) is 0 Å². The lowest BCUT2D eigenvalue weighted by atomic mass is 9.97. The van der Waals surface area contributed by atoms with Crippen molar-refractivity contribution < 1.29 is 9.53 Å². The first-order chi connectivity index (χ1) is 9.08. The van der Waals surface area contributed by atoms with E-state index in [0.717, 1.165) is 18.4 Å². The molecule has 2 aliphatic rings. The van der Waals surface area contributed by atoms with E-state index in [1.165, 1.54) is 0 Å². The molecule has 1 aromatic carbocycles. The summed E-state index contributed by atoms with van der Waals surface area (Å²) in [5, 5.41) is 0. The second-order valence-electron chi connectivity index (χ2n) is 6.25. The predicted octanol–water partition coefficient (Wildman–Crippen LogP) is 2.78. The van der Waals surface area contributed by atoms with Gasteiger partial charge in [0.25, 0.3) is 0 Å². The predicted molar refractivity (Wildman–Crippen MR) is 73.7 cm³/mol. The smallest absolute Gasteiger partial charge is 0.226 e. The van der Waals surface area contributed by atoms with Crippen LogP contribution in [-0.2, 0) is 9.53 Å². The molecule has 102 valence electrons. The molecule has 0 aromatic heterocycles. The molecule has 3 nitrogen and oxygen atoms in total. The molecule has 1 amide bonds. The lowest BCUT2D eigenvalue weighted by molar-refractivity contribution is -0.156. The molecule has 3 rings (SSSR count). The minimum absolute atomic E-state index is 0.0110. The van der Waals surface area contributed by atoms with Gasteiger partial charge in [-0.15, -0.1) is 0 Å². The number of morpholine rings is 1. The van der Waals surface area contributed by atoms with E-state index in [9.17, 15) is 4.79 Å². The second kappa shape index (κ2) is 4.64. The van der Waals surface area contributed by atoms with Crippen LogP contribution in [0.1, 0.15) is 38.4 Å². The fourth-order valence-corrected chi connectivity index (χ4v) is 2.66. The number of rotatable bonds is 2. The maximum Gasteiger partial charge on any atom is 0.226 e. The number of carbonyl (C=O) groups is 1. The highest BCUT2D eigenvalue weighted by Crippen LogP contribution is 2.37. The molecule has 0 radical (unpaired) electrons. The van der Waals surface area contributed by atoms with Gasteiger partial charge in [-0.05, 0) is 32.3 Å².